The normalized spacial score (nSPS) is 9.06. The Kier molecular flexibility index (Phi) is 4.48. The lowest BCUT2D eigenvalue weighted by Gasteiger charge is -2.01. The SMILES string of the molecule is C#Cc1ccc2cc(C(C)=O)ccc2c1.[CH2]C. The van der Waals surface area contributed by atoms with Gasteiger partial charge in [-0.1, -0.05) is 38.0 Å². The van der Waals surface area contributed by atoms with Crippen LogP contribution >= 0.6 is 0 Å². The fourth-order valence-electron chi connectivity index (χ4n) is 1.55. The first-order valence-electron chi connectivity index (χ1n) is 5.43. The summed E-state index contributed by atoms with van der Waals surface area (Å²) in [4.78, 5) is 11.2. The molecule has 85 valence electrons. The summed E-state index contributed by atoms with van der Waals surface area (Å²) in [6, 6.07) is 11.4. The number of terminal acetylenes is 1. The van der Waals surface area contributed by atoms with Gasteiger partial charge in [0.1, 0.15) is 0 Å². The Morgan fingerprint density at radius 1 is 1.12 bits per heavy atom. The Labute approximate surface area is 102 Å². The topological polar surface area (TPSA) is 17.1 Å². The predicted molar refractivity (Wildman–Crippen MR) is 72.9 cm³/mol. The van der Waals surface area contributed by atoms with E-state index in [1.165, 1.54) is 0 Å². The number of carbonyl (C=O) groups excluding carboxylic acids is 1. The predicted octanol–water partition coefficient (Wildman–Crippen LogP) is 3.86. The maximum atomic E-state index is 11.2. The van der Waals surface area contributed by atoms with E-state index in [-0.39, 0.29) is 5.78 Å². The standard InChI is InChI=1S/C14H10O.C2H5/c1-3-11-4-5-14-9-12(10(2)15)6-7-13(14)8-11;1-2/h1,4-9H,2H3;1H2,2H3. The van der Waals surface area contributed by atoms with E-state index in [2.05, 4.69) is 12.8 Å². The van der Waals surface area contributed by atoms with E-state index in [0.29, 0.717) is 0 Å². The van der Waals surface area contributed by atoms with E-state index in [9.17, 15) is 4.79 Å². The van der Waals surface area contributed by atoms with Crippen molar-refractivity contribution in [2.75, 3.05) is 0 Å². The van der Waals surface area contributed by atoms with Crippen molar-refractivity contribution in [2.45, 2.75) is 13.8 Å². The van der Waals surface area contributed by atoms with Gasteiger partial charge in [-0.05, 0) is 35.9 Å². The molecule has 2 rings (SSSR count). The minimum Gasteiger partial charge on any atom is -0.295 e. The first kappa shape index (κ1) is 13.0. The van der Waals surface area contributed by atoms with Crippen LogP contribution in [0.1, 0.15) is 29.8 Å². The van der Waals surface area contributed by atoms with Crippen LogP contribution in [0.3, 0.4) is 0 Å². The molecule has 17 heavy (non-hydrogen) atoms. The van der Waals surface area contributed by atoms with Gasteiger partial charge in [-0.3, -0.25) is 4.79 Å². The summed E-state index contributed by atoms with van der Waals surface area (Å²) in [6.07, 6.45) is 5.31. The van der Waals surface area contributed by atoms with Crippen molar-refractivity contribution >= 4 is 16.6 Å². The maximum Gasteiger partial charge on any atom is 0.159 e. The van der Waals surface area contributed by atoms with Crippen LogP contribution in [-0.4, -0.2) is 5.78 Å². The summed E-state index contributed by atoms with van der Waals surface area (Å²) in [5.41, 5.74) is 1.59. The van der Waals surface area contributed by atoms with Crippen LogP contribution < -0.4 is 0 Å². The molecular formula is C16H15O. The smallest absolute Gasteiger partial charge is 0.159 e. The van der Waals surface area contributed by atoms with Crippen LogP contribution in [0.5, 0.6) is 0 Å². The third-order valence-electron chi connectivity index (χ3n) is 2.41. The second-order valence-electron chi connectivity index (χ2n) is 3.48. The maximum absolute atomic E-state index is 11.2. The number of hydrogen-bond donors (Lipinski definition) is 0. The fraction of sp³-hybridized carbons (Fsp3) is 0.125. The molecule has 0 saturated carbocycles. The highest BCUT2D eigenvalue weighted by atomic mass is 16.1. The highest BCUT2D eigenvalue weighted by Crippen LogP contribution is 2.17. The largest absolute Gasteiger partial charge is 0.295 e. The molecule has 0 saturated heterocycles. The lowest BCUT2D eigenvalue weighted by molar-refractivity contribution is 0.101. The molecule has 1 nitrogen and oxygen atoms in total. The van der Waals surface area contributed by atoms with Crippen LogP contribution in [0.4, 0.5) is 0 Å². The van der Waals surface area contributed by atoms with Crippen LogP contribution in [-0.2, 0) is 0 Å². The molecular weight excluding hydrogens is 208 g/mol. The lowest BCUT2D eigenvalue weighted by Crippen LogP contribution is -1.90. The second kappa shape index (κ2) is 5.86. The Bertz CT molecular complexity index is 574. The van der Waals surface area contributed by atoms with E-state index >= 15 is 0 Å². The van der Waals surface area contributed by atoms with Gasteiger partial charge in [-0.25, -0.2) is 0 Å². The molecule has 0 fully saturated rings. The third kappa shape index (κ3) is 2.95. The third-order valence-corrected chi connectivity index (χ3v) is 2.41. The number of fused-ring (bicyclic) bond motifs is 1. The van der Waals surface area contributed by atoms with Crippen molar-refractivity contribution in [3.63, 3.8) is 0 Å². The first-order valence-corrected chi connectivity index (χ1v) is 5.43. The van der Waals surface area contributed by atoms with Crippen LogP contribution in [0.25, 0.3) is 10.8 Å². The summed E-state index contributed by atoms with van der Waals surface area (Å²) in [7, 11) is 0. The van der Waals surface area contributed by atoms with Crippen LogP contribution in [0.15, 0.2) is 36.4 Å². The lowest BCUT2D eigenvalue weighted by atomic mass is 10.0. The molecule has 0 heterocycles. The number of hydrogen-bond acceptors (Lipinski definition) is 1. The minimum absolute atomic E-state index is 0.0814. The first-order chi connectivity index (χ1) is 8.20. The molecule has 0 unspecified atom stereocenters. The molecule has 0 spiro atoms. The zero-order valence-electron chi connectivity index (χ0n) is 10.2. The van der Waals surface area contributed by atoms with Gasteiger partial charge < -0.3 is 0 Å². The van der Waals surface area contributed by atoms with Gasteiger partial charge in [0, 0.05) is 11.1 Å². The molecule has 2 aromatic carbocycles. The van der Waals surface area contributed by atoms with Crippen molar-refractivity contribution in [1.82, 2.24) is 0 Å². The van der Waals surface area contributed by atoms with Gasteiger partial charge in [0.2, 0.25) is 0 Å². The van der Waals surface area contributed by atoms with Gasteiger partial charge in [-0.2, -0.15) is 0 Å². The number of Topliss-reactive ketones (excluding diaryl/α,β-unsaturated/α-hetero) is 1. The molecule has 0 N–H and O–H groups in total. The fourth-order valence-corrected chi connectivity index (χ4v) is 1.55. The average molecular weight is 223 g/mol. The van der Waals surface area contributed by atoms with E-state index in [4.69, 9.17) is 6.42 Å². The Morgan fingerprint density at radius 3 is 2.29 bits per heavy atom. The number of ketones is 1. The van der Waals surface area contributed by atoms with Crippen molar-refractivity contribution in [3.8, 4) is 12.3 Å². The zero-order chi connectivity index (χ0) is 12.8. The average Bonchev–Trinajstić information content (AvgIpc) is 2.39. The van der Waals surface area contributed by atoms with E-state index in [1.807, 2.05) is 36.4 Å². The summed E-state index contributed by atoms with van der Waals surface area (Å²) in [5.74, 6) is 2.67. The molecule has 0 atom stereocenters. The Morgan fingerprint density at radius 2 is 1.71 bits per heavy atom. The number of carbonyl (C=O) groups is 1. The molecule has 0 aliphatic carbocycles. The molecule has 0 bridgehead atoms. The summed E-state index contributed by atoms with van der Waals surface area (Å²) >= 11 is 0. The van der Waals surface area contributed by atoms with E-state index < -0.39 is 0 Å². The minimum atomic E-state index is 0.0814. The molecule has 0 aliphatic rings. The van der Waals surface area contributed by atoms with Crippen molar-refractivity contribution < 1.29 is 4.79 Å². The summed E-state index contributed by atoms with van der Waals surface area (Å²) in [5, 5.41) is 2.11. The van der Waals surface area contributed by atoms with E-state index in [1.54, 1.807) is 13.8 Å². The quantitative estimate of drug-likeness (QED) is 0.530. The van der Waals surface area contributed by atoms with Crippen LogP contribution in [0.2, 0.25) is 0 Å². The van der Waals surface area contributed by atoms with E-state index in [0.717, 1.165) is 21.9 Å². The van der Waals surface area contributed by atoms with Gasteiger partial charge >= 0.3 is 0 Å². The molecule has 2 aromatic rings. The molecule has 0 aliphatic heterocycles. The highest BCUT2D eigenvalue weighted by molar-refractivity contribution is 5.98. The molecule has 0 amide bonds. The summed E-state index contributed by atoms with van der Waals surface area (Å²) in [6.45, 7) is 6.57. The molecule has 0 aromatic heterocycles. The second-order valence-corrected chi connectivity index (χ2v) is 3.48. The monoisotopic (exact) mass is 223 g/mol. The molecule has 1 heteroatoms. The molecule has 1 radical (unpaired) electrons. The van der Waals surface area contributed by atoms with Gasteiger partial charge in [0.15, 0.2) is 5.78 Å². The zero-order valence-corrected chi connectivity index (χ0v) is 10.2. The van der Waals surface area contributed by atoms with Crippen molar-refractivity contribution in [3.05, 3.63) is 54.4 Å². The summed E-state index contributed by atoms with van der Waals surface area (Å²) < 4.78 is 0. The van der Waals surface area contributed by atoms with Crippen LogP contribution in [0, 0.1) is 19.3 Å². The van der Waals surface area contributed by atoms with Gasteiger partial charge in [0.05, 0.1) is 0 Å². The van der Waals surface area contributed by atoms with Crippen molar-refractivity contribution in [1.29, 1.82) is 0 Å². The number of benzene rings is 2. The Balaban J connectivity index is 0.000000686. The van der Waals surface area contributed by atoms with Gasteiger partial charge in [0.25, 0.3) is 0 Å². The number of rotatable bonds is 1. The van der Waals surface area contributed by atoms with Gasteiger partial charge in [-0.15, -0.1) is 6.42 Å². The van der Waals surface area contributed by atoms with Crippen molar-refractivity contribution in [2.24, 2.45) is 0 Å². The Hall–Kier alpha value is -2.07. The highest BCUT2D eigenvalue weighted by Gasteiger charge is 2.00.